The maximum absolute atomic E-state index is 4.94. The molecule has 0 N–H and O–H groups in total. The number of pyridine rings is 1. The predicted octanol–water partition coefficient (Wildman–Crippen LogP) is 4.76. The van der Waals surface area contributed by atoms with Crippen LogP contribution in [0.25, 0.3) is 11.4 Å². The van der Waals surface area contributed by atoms with Crippen LogP contribution in [0, 0.1) is 6.92 Å². The molecule has 0 amide bonds. The second kappa shape index (κ2) is 6.76. The van der Waals surface area contributed by atoms with E-state index in [-0.39, 0.29) is 0 Å². The second-order valence-corrected chi connectivity index (χ2v) is 7.80. The van der Waals surface area contributed by atoms with Crippen molar-refractivity contribution in [3.63, 3.8) is 0 Å². The van der Waals surface area contributed by atoms with Crippen molar-refractivity contribution in [3.8, 4) is 11.4 Å². The molecule has 2 aliphatic rings. The van der Waals surface area contributed by atoms with Crippen LogP contribution in [0.4, 0.5) is 5.82 Å². The molecule has 4 heteroatoms. The van der Waals surface area contributed by atoms with Crippen molar-refractivity contribution in [1.82, 2.24) is 15.0 Å². The van der Waals surface area contributed by atoms with Gasteiger partial charge in [0.2, 0.25) is 0 Å². The monoisotopic (exact) mass is 356 g/mol. The van der Waals surface area contributed by atoms with E-state index in [9.17, 15) is 0 Å². The molecule has 0 aliphatic carbocycles. The molecule has 136 valence electrons. The highest BCUT2D eigenvalue weighted by atomic mass is 15.3. The van der Waals surface area contributed by atoms with E-state index in [1.807, 2.05) is 18.3 Å². The van der Waals surface area contributed by atoms with E-state index in [0.717, 1.165) is 22.9 Å². The van der Waals surface area contributed by atoms with Gasteiger partial charge in [0.05, 0.1) is 0 Å². The molecule has 2 saturated heterocycles. The zero-order chi connectivity index (χ0) is 18.2. The number of aryl methyl sites for hydroxylation is 1. The number of benzene rings is 1. The van der Waals surface area contributed by atoms with E-state index in [1.165, 1.54) is 31.2 Å². The van der Waals surface area contributed by atoms with Crippen molar-refractivity contribution in [3.05, 3.63) is 72.2 Å². The number of piperidine rings is 1. The molecule has 2 aromatic heterocycles. The van der Waals surface area contributed by atoms with Gasteiger partial charge in [-0.25, -0.2) is 9.97 Å². The lowest BCUT2D eigenvalue weighted by Crippen LogP contribution is -2.43. The van der Waals surface area contributed by atoms with Gasteiger partial charge >= 0.3 is 0 Å². The van der Waals surface area contributed by atoms with Crippen molar-refractivity contribution >= 4 is 5.82 Å². The Morgan fingerprint density at radius 3 is 2.41 bits per heavy atom. The van der Waals surface area contributed by atoms with Crippen molar-refractivity contribution in [2.75, 3.05) is 4.90 Å². The maximum atomic E-state index is 4.94. The van der Waals surface area contributed by atoms with Gasteiger partial charge in [-0.15, -0.1) is 0 Å². The molecule has 0 spiro atoms. The Balaban J connectivity index is 1.45. The fourth-order valence-corrected chi connectivity index (χ4v) is 4.86. The summed E-state index contributed by atoms with van der Waals surface area (Å²) in [5.74, 6) is 2.53. The minimum absolute atomic E-state index is 0.574. The first-order chi connectivity index (χ1) is 13.3. The van der Waals surface area contributed by atoms with Gasteiger partial charge in [0, 0.05) is 41.8 Å². The predicted molar refractivity (Wildman–Crippen MR) is 108 cm³/mol. The number of anilines is 1. The molecule has 5 rings (SSSR count). The van der Waals surface area contributed by atoms with E-state index >= 15 is 0 Å². The van der Waals surface area contributed by atoms with Crippen LogP contribution in [-0.2, 0) is 0 Å². The van der Waals surface area contributed by atoms with Crippen LogP contribution in [0.1, 0.15) is 42.9 Å². The summed E-state index contributed by atoms with van der Waals surface area (Å²) in [5.41, 5.74) is 3.49. The Morgan fingerprint density at radius 1 is 0.926 bits per heavy atom. The fraction of sp³-hybridized carbons (Fsp3) is 0.348. The third kappa shape index (κ3) is 3.09. The van der Waals surface area contributed by atoms with Gasteiger partial charge in [0.25, 0.3) is 0 Å². The summed E-state index contributed by atoms with van der Waals surface area (Å²) in [4.78, 5) is 16.4. The molecule has 2 bridgehead atoms. The molecule has 3 atom stereocenters. The van der Waals surface area contributed by atoms with Gasteiger partial charge in [-0.05, 0) is 56.2 Å². The van der Waals surface area contributed by atoms with Crippen LogP contribution in [0.15, 0.2) is 60.9 Å². The van der Waals surface area contributed by atoms with Gasteiger partial charge < -0.3 is 4.90 Å². The molecule has 0 radical (unpaired) electrons. The first-order valence-corrected chi connectivity index (χ1v) is 9.87. The number of nitrogens with zero attached hydrogens (tertiary/aromatic N) is 4. The van der Waals surface area contributed by atoms with E-state index in [4.69, 9.17) is 4.98 Å². The Morgan fingerprint density at radius 2 is 1.70 bits per heavy atom. The number of hydrogen-bond donors (Lipinski definition) is 0. The molecule has 0 saturated carbocycles. The smallest absolute Gasteiger partial charge is 0.163 e. The largest absolute Gasteiger partial charge is 0.350 e. The fourth-order valence-electron chi connectivity index (χ4n) is 4.86. The number of rotatable bonds is 3. The van der Waals surface area contributed by atoms with E-state index < -0.39 is 0 Å². The summed E-state index contributed by atoms with van der Waals surface area (Å²) >= 11 is 0. The molecule has 27 heavy (non-hydrogen) atoms. The van der Waals surface area contributed by atoms with E-state index in [0.29, 0.717) is 18.0 Å². The van der Waals surface area contributed by atoms with E-state index in [2.05, 4.69) is 58.2 Å². The number of fused-ring (bicyclic) bond motifs is 2. The van der Waals surface area contributed by atoms with Crippen LogP contribution in [0.3, 0.4) is 0 Å². The molecule has 3 aromatic rings. The normalized spacial score (nSPS) is 24.2. The average Bonchev–Trinajstić information content (AvgIpc) is 2.98. The summed E-state index contributed by atoms with van der Waals surface area (Å²) in [6, 6.07) is 18.3. The van der Waals surface area contributed by atoms with Crippen molar-refractivity contribution in [2.45, 2.75) is 50.6 Å². The third-order valence-electron chi connectivity index (χ3n) is 6.03. The molecule has 1 aromatic carbocycles. The molecule has 2 fully saturated rings. The van der Waals surface area contributed by atoms with Gasteiger partial charge in [0.15, 0.2) is 5.82 Å². The lowest BCUT2D eigenvalue weighted by Gasteiger charge is -2.40. The number of aromatic nitrogens is 3. The first-order valence-electron chi connectivity index (χ1n) is 9.87. The van der Waals surface area contributed by atoms with Crippen LogP contribution in [0.5, 0.6) is 0 Å². The van der Waals surface area contributed by atoms with E-state index in [1.54, 1.807) is 6.20 Å². The van der Waals surface area contributed by atoms with Crippen LogP contribution in [0.2, 0.25) is 0 Å². The third-order valence-corrected chi connectivity index (χ3v) is 6.03. The SMILES string of the molecule is Cc1cc(N2[C@@H]3CC[C@H]2CC(c2ccccc2)C3)nc(-c2cccnc2)n1. The highest BCUT2D eigenvalue weighted by Crippen LogP contribution is 2.45. The zero-order valence-corrected chi connectivity index (χ0v) is 15.6. The lowest BCUT2D eigenvalue weighted by atomic mass is 9.85. The standard InChI is InChI=1S/C23H24N4/c1-16-12-22(26-23(25-16)18-8-5-11-24-15-18)27-20-9-10-21(27)14-19(13-20)17-6-3-2-4-7-17/h2-8,11-12,15,19-21H,9-10,13-14H2,1H3/t19?,20-,21+. The average molecular weight is 356 g/mol. The topological polar surface area (TPSA) is 41.9 Å². The number of hydrogen-bond acceptors (Lipinski definition) is 4. The Kier molecular flexibility index (Phi) is 4.12. The zero-order valence-electron chi connectivity index (χ0n) is 15.6. The first kappa shape index (κ1) is 16.4. The molecule has 2 aliphatic heterocycles. The van der Waals surface area contributed by atoms with Crippen molar-refractivity contribution in [1.29, 1.82) is 0 Å². The van der Waals surface area contributed by atoms with Crippen molar-refractivity contribution in [2.24, 2.45) is 0 Å². The summed E-state index contributed by atoms with van der Waals surface area (Å²) in [7, 11) is 0. The molecular formula is C23H24N4. The van der Waals surface area contributed by atoms with Crippen molar-refractivity contribution < 1.29 is 0 Å². The molecule has 4 nitrogen and oxygen atoms in total. The maximum Gasteiger partial charge on any atom is 0.163 e. The van der Waals surface area contributed by atoms with Crippen LogP contribution in [-0.4, -0.2) is 27.0 Å². The molecular weight excluding hydrogens is 332 g/mol. The van der Waals surface area contributed by atoms with Crippen LogP contribution >= 0.6 is 0 Å². The minimum Gasteiger partial charge on any atom is -0.350 e. The van der Waals surface area contributed by atoms with Gasteiger partial charge in [-0.1, -0.05) is 30.3 Å². The summed E-state index contributed by atoms with van der Waals surface area (Å²) in [6.45, 7) is 2.06. The molecule has 4 heterocycles. The Labute approximate surface area is 160 Å². The van der Waals surface area contributed by atoms with Gasteiger partial charge in [0.1, 0.15) is 5.82 Å². The minimum atomic E-state index is 0.574. The van der Waals surface area contributed by atoms with Crippen LogP contribution < -0.4 is 4.90 Å². The quantitative estimate of drug-likeness (QED) is 0.678. The summed E-state index contributed by atoms with van der Waals surface area (Å²) in [6.07, 6.45) is 8.58. The van der Waals surface area contributed by atoms with Gasteiger partial charge in [-0.2, -0.15) is 0 Å². The summed E-state index contributed by atoms with van der Waals surface area (Å²) < 4.78 is 0. The highest BCUT2D eigenvalue weighted by molar-refractivity contribution is 5.57. The molecule has 1 unspecified atom stereocenters. The highest BCUT2D eigenvalue weighted by Gasteiger charge is 2.41. The van der Waals surface area contributed by atoms with Gasteiger partial charge in [-0.3, -0.25) is 4.98 Å². The Hall–Kier alpha value is -2.75. The second-order valence-electron chi connectivity index (χ2n) is 7.80. The lowest BCUT2D eigenvalue weighted by molar-refractivity contribution is 0.413. The Bertz CT molecular complexity index is 912. The summed E-state index contributed by atoms with van der Waals surface area (Å²) in [5, 5.41) is 0.